The summed E-state index contributed by atoms with van der Waals surface area (Å²) in [7, 11) is 3.07. The van der Waals surface area contributed by atoms with Crippen LogP contribution in [-0.4, -0.2) is 74.7 Å². The Hall–Kier alpha value is -3.15. The predicted molar refractivity (Wildman–Crippen MR) is 131 cm³/mol. The van der Waals surface area contributed by atoms with Gasteiger partial charge in [0.15, 0.2) is 0 Å². The minimum atomic E-state index is -0.846. The number of carbonyl (C=O) groups excluding carboxylic acids is 2. The number of aromatic hydroxyl groups is 1. The number of nitrogens with one attached hydrogen (secondary N) is 1. The van der Waals surface area contributed by atoms with E-state index in [0.29, 0.717) is 58.1 Å². The lowest BCUT2D eigenvalue weighted by Gasteiger charge is -2.58. The van der Waals surface area contributed by atoms with Crippen LogP contribution in [0.1, 0.15) is 69.9 Å². The topological polar surface area (TPSA) is 164 Å². The molecule has 4 N–H and O–H groups in total. The van der Waals surface area contributed by atoms with Crippen molar-refractivity contribution in [2.45, 2.75) is 76.4 Å². The number of aromatic nitrogens is 2. The maximum absolute atomic E-state index is 13.2. The van der Waals surface area contributed by atoms with Crippen molar-refractivity contribution in [2.24, 2.45) is 11.1 Å². The number of methoxy groups -OCH3 is 1. The highest BCUT2D eigenvalue weighted by Crippen LogP contribution is 2.61. The quantitative estimate of drug-likeness (QED) is 0.270. The number of nitrogen functional groups attached to an aromatic ring is 1. The predicted octanol–water partition coefficient (Wildman–Crippen LogP) is 0.974. The number of amides is 3. The molecular weight excluding hydrogens is 468 g/mol. The molecule has 0 atom stereocenters. The van der Waals surface area contributed by atoms with E-state index in [1.807, 2.05) is 6.92 Å². The third-order valence-corrected chi connectivity index (χ3v) is 8.33. The zero-order valence-electron chi connectivity index (χ0n) is 21.2. The summed E-state index contributed by atoms with van der Waals surface area (Å²) < 4.78 is 7.43. The molecule has 1 saturated heterocycles. The normalized spacial score (nSPS) is 27.8. The molecule has 2 spiro atoms. The van der Waals surface area contributed by atoms with Crippen molar-refractivity contribution in [3.63, 3.8) is 0 Å². The van der Waals surface area contributed by atoms with Crippen molar-refractivity contribution in [2.75, 3.05) is 27.3 Å². The van der Waals surface area contributed by atoms with Gasteiger partial charge in [-0.2, -0.15) is 0 Å². The van der Waals surface area contributed by atoms with Crippen LogP contribution < -0.4 is 17.0 Å². The first-order valence-corrected chi connectivity index (χ1v) is 12.5. The number of urea groups is 1. The second-order valence-corrected chi connectivity index (χ2v) is 10.5. The van der Waals surface area contributed by atoms with E-state index < -0.39 is 34.5 Å². The molecule has 198 valence electrons. The van der Waals surface area contributed by atoms with Crippen LogP contribution in [0, 0.1) is 10.8 Å². The first-order valence-electron chi connectivity index (χ1n) is 12.5. The maximum atomic E-state index is 13.2. The van der Waals surface area contributed by atoms with Gasteiger partial charge in [-0.1, -0.05) is 13.3 Å². The standard InChI is InChI=1S/C24H36N6O6/c1-4-5-10-28-18(31)16(17(25)26)19(32)30(22(28)35)15-6-8-23(9-7-15)13-24(14-23)20(33)27(2)21(34)29(24)11-12-36-3/h15,31H,4-14H2,1-3H3,(H3,25,26). The van der Waals surface area contributed by atoms with Gasteiger partial charge in [0.2, 0.25) is 5.88 Å². The molecule has 1 aromatic rings. The van der Waals surface area contributed by atoms with Crippen molar-refractivity contribution >= 4 is 17.8 Å². The third kappa shape index (κ3) is 3.82. The second kappa shape index (κ2) is 9.38. The number of rotatable bonds is 8. The van der Waals surface area contributed by atoms with Crippen LogP contribution in [0.2, 0.25) is 0 Å². The number of ether oxygens (including phenoxy) is 1. The average Bonchev–Trinajstić information content (AvgIpc) is 2.99. The van der Waals surface area contributed by atoms with E-state index in [1.54, 1.807) is 12.0 Å². The molecular formula is C24H36N6O6. The van der Waals surface area contributed by atoms with Gasteiger partial charge < -0.3 is 20.5 Å². The van der Waals surface area contributed by atoms with Gasteiger partial charge in [-0.3, -0.25) is 29.0 Å². The molecule has 12 heteroatoms. The van der Waals surface area contributed by atoms with E-state index in [2.05, 4.69) is 0 Å². The first-order chi connectivity index (χ1) is 17.0. The van der Waals surface area contributed by atoms with Crippen molar-refractivity contribution in [1.29, 1.82) is 5.41 Å². The molecule has 0 aromatic carbocycles. The summed E-state index contributed by atoms with van der Waals surface area (Å²) in [5.74, 6) is -1.31. The number of imide groups is 1. The molecule has 1 aliphatic heterocycles. The fourth-order valence-corrected chi connectivity index (χ4v) is 6.46. The zero-order valence-corrected chi connectivity index (χ0v) is 21.2. The van der Waals surface area contributed by atoms with E-state index in [1.165, 1.54) is 11.9 Å². The molecule has 3 fully saturated rings. The highest BCUT2D eigenvalue weighted by molar-refractivity contribution is 6.07. The Bertz CT molecular complexity index is 1190. The monoisotopic (exact) mass is 504 g/mol. The smallest absolute Gasteiger partial charge is 0.334 e. The van der Waals surface area contributed by atoms with Gasteiger partial charge >= 0.3 is 11.7 Å². The zero-order chi connectivity index (χ0) is 26.4. The lowest BCUT2D eigenvalue weighted by Crippen LogP contribution is -2.64. The van der Waals surface area contributed by atoms with Gasteiger partial charge in [0.1, 0.15) is 16.9 Å². The van der Waals surface area contributed by atoms with Crippen LogP contribution >= 0.6 is 0 Å². The van der Waals surface area contributed by atoms with E-state index in [4.69, 9.17) is 15.9 Å². The molecule has 3 aliphatic rings. The molecule has 3 amide bonds. The summed E-state index contributed by atoms with van der Waals surface area (Å²) in [6, 6.07) is -0.701. The Labute approximate surface area is 209 Å². The van der Waals surface area contributed by atoms with Crippen LogP contribution in [0.5, 0.6) is 5.88 Å². The summed E-state index contributed by atoms with van der Waals surface area (Å²) in [5, 5.41) is 18.3. The average molecular weight is 505 g/mol. The molecule has 2 aliphatic carbocycles. The van der Waals surface area contributed by atoms with E-state index in [9.17, 15) is 24.3 Å². The fourth-order valence-electron chi connectivity index (χ4n) is 6.46. The Morgan fingerprint density at radius 2 is 1.81 bits per heavy atom. The molecule has 2 saturated carbocycles. The molecule has 36 heavy (non-hydrogen) atoms. The van der Waals surface area contributed by atoms with Crippen molar-refractivity contribution < 1.29 is 19.4 Å². The van der Waals surface area contributed by atoms with E-state index in [-0.39, 0.29) is 29.5 Å². The fraction of sp³-hybridized carbons (Fsp3) is 0.708. The molecule has 0 unspecified atom stereocenters. The van der Waals surface area contributed by atoms with Crippen LogP contribution in [0.25, 0.3) is 0 Å². The Morgan fingerprint density at radius 3 is 2.36 bits per heavy atom. The summed E-state index contributed by atoms with van der Waals surface area (Å²) >= 11 is 0. The molecule has 4 rings (SSSR count). The Morgan fingerprint density at radius 1 is 1.17 bits per heavy atom. The summed E-state index contributed by atoms with van der Waals surface area (Å²) in [6.45, 7) is 2.86. The van der Waals surface area contributed by atoms with Gasteiger partial charge in [-0.05, 0) is 50.4 Å². The molecule has 2 heterocycles. The summed E-state index contributed by atoms with van der Waals surface area (Å²) in [4.78, 5) is 54.9. The number of amidine groups is 1. The third-order valence-electron chi connectivity index (χ3n) is 8.33. The SMILES string of the molecule is CCCCn1c(O)c(C(=N)N)c(=O)n(C2CCC3(CC2)CC2(C3)C(=O)N(C)C(=O)N2CCOC)c1=O. The van der Waals surface area contributed by atoms with Crippen LogP contribution in [0.15, 0.2) is 9.59 Å². The van der Waals surface area contributed by atoms with Gasteiger partial charge in [0, 0.05) is 33.3 Å². The van der Waals surface area contributed by atoms with Gasteiger partial charge in [0.05, 0.1) is 6.61 Å². The van der Waals surface area contributed by atoms with Crippen molar-refractivity contribution in [3.05, 3.63) is 26.4 Å². The van der Waals surface area contributed by atoms with E-state index in [0.717, 1.165) is 15.6 Å². The lowest BCUT2D eigenvalue weighted by molar-refractivity contribution is -0.150. The lowest BCUT2D eigenvalue weighted by atomic mass is 9.51. The summed E-state index contributed by atoms with van der Waals surface area (Å²) in [6.07, 6.45) is 4.98. The van der Waals surface area contributed by atoms with Crippen molar-refractivity contribution in [3.8, 4) is 5.88 Å². The molecule has 0 radical (unpaired) electrons. The largest absolute Gasteiger partial charge is 0.494 e. The Balaban J connectivity index is 1.57. The minimum absolute atomic E-state index is 0.145. The highest BCUT2D eigenvalue weighted by atomic mass is 16.5. The number of likely N-dealkylation sites (N-methyl/N-ethyl adjacent to an activating group) is 1. The number of nitrogens with two attached hydrogens (primary N) is 1. The van der Waals surface area contributed by atoms with E-state index >= 15 is 0 Å². The maximum Gasteiger partial charge on any atom is 0.334 e. The van der Waals surface area contributed by atoms with Gasteiger partial charge in [0.25, 0.3) is 11.5 Å². The summed E-state index contributed by atoms with van der Waals surface area (Å²) in [5.41, 5.74) is 2.93. The number of nitrogens with zero attached hydrogens (tertiary/aromatic N) is 4. The number of hydrogen-bond acceptors (Lipinski definition) is 7. The van der Waals surface area contributed by atoms with Crippen molar-refractivity contribution in [1.82, 2.24) is 18.9 Å². The molecule has 1 aromatic heterocycles. The number of unbranched alkanes of at least 4 members (excludes halogenated alkanes) is 1. The second-order valence-electron chi connectivity index (χ2n) is 10.5. The highest BCUT2D eigenvalue weighted by Gasteiger charge is 2.67. The van der Waals surface area contributed by atoms with Crippen LogP contribution in [0.4, 0.5) is 4.79 Å². The number of carbonyl (C=O) groups is 2. The molecule has 0 bridgehead atoms. The minimum Gasteiger partial charge on any atom is -0.494 e. The molecule has 12 nitrogen and oxygen atoms in total. The van der Waals surface area contributed by atoms with Crippen LogP contribution in [0.3, 0.4) is 0 Å². The van der Waals surface area contributed by atoms with Gasteiger partial charge in [-0.25, -0.2) is 9.59 Å². The van der Waals surface area contributed by atoms with Gasteiger partial charge in [-0.15, -0.1) is 0 Å². The first kappa shape index (κ1) is 25.9. The van der Waals surface area contributed by atoms with Crippen LogP contribution in [-0.2, 0) is 16.1 Å². The number of hydrogen-bond donors (Lipinski definition) is 3. The Kier molecular flexibility index (Phi) is 6.76.